The maximum absolute atomic E-state index is 12.1. The van der Waals surface area contributed by atoms with E-state index in [9.17, 15) is 4.79 Å². The molecule has 116 valence electrons. The smallest absolute Gasteiger partial charge is 0.243 e. The molecule has 2 unspecified atom stereocenters. The quantitative estimate of drug-likeness (QED) is 0.826. The summed E-state index contributed by atoms with van der Waals surface area (Å²) in [5.74, 6) is 1.16. The lowest BCUT2D eigenvalue weighted by atomic mass is 9.86. The number of anilines is 1. The fraction of sp³-hybridized carbons (Fsp3) is 0.611. The van der Waals surface area contributed by atoms with E-state index in [1.54, 1.807) is 0 Å². The first-order chi connectivity index (χ1) is 9.93. The average Bonchev–Trinajstić information content (AvgIpc) is 2.65. The van der Waals surface area contributed by atoms with Crippen LogP contribution in [0.15, 0.2) is 24.3 Å². The van der Waals surface area contributed by atoms with Gasteiger partial charge < -0.3 is 11.1 Å². The summed E-state index contributed by atoms with van der Waals surface area (Å²) in [6, 6.07) is 8.19. The lowest BCUT2D eigenvalue weighted by molar-refractivity contribution is -0.122. The number of hydrogen-bond donors (Lipinski definition) is 2. The number of primary amides is 1. The summed E-state index contributed by atoms with van der Waals surface area (Å²) in [4.78, 5) is 12.1. The zero-order valence-electron chi connectivity index (χ0n) is 13.5. The molecule has 2 atom stereocenters. The van der Waals surface area contributed by atoms with E-state index in [0.29, 0.717) is 11.8 Å². The minimum atomic E-state index is -0.584. The van der Waals surface area contributed by atoms with Crippen molar-refractivity contribution in [1.29, 1.82) is 0 Å². The minimum Gasteiger partial charge on any atom is -0.371 e. The third-order valence-corrected chi connectivity index (χ3v) is 4.97. The van der Waals surface area contributed by atoms with Crippen molar-refractivity contribution in [2.75, 3.05) is 5.32 Å². The monoisotopic (exact) mass is 288 g/mol. The number of hydrogen-bond acceptors (Lipinski definition) is 2. The summed E-state index contributed by atoms with van der Waals surface area (Å²) in [6.45, 7) is 6.61. The summed E-state index contributed by atoms with van der Waals surface area (Å²) >= 11 is 0. The Balaban J connectivity index is 2.17. The van der Waals surface area contributed by atoms with Gasteiger partial charge in [-0.2, -0.15) is 0 Å². The van der Waals surface area contributed by atoms with Crippen LogP contribution >= 0.6 is 0 Å². The van der Waals surface area contributed by atoms with E-state index in [1.165, 1.54) is 12.0 Å². The Labute approximate surface area is 128 Å². The number of carbonyl (C=O) groups excluding carboxylic acids is 1. The van der Waals surface area contributed by atoms with E-state index in [4.69, 9.17) is 5.73 Å². The molecule has 3 N–H and O–H groups in total. The molecule has 1 aliphatic carbocycles. The molecule has 0 aromatic heterocycles. The van der Waals surface area contributed by atoms with Gasteiger partial charge in [-0.3, -0.25) is 4.79 Å². The second kappa shape index (κ2) is 6.50. The predicted octanol–water partition coefficient (Wildman–Crippen LogP) is 3.87. The SMILES string of the molecule is Cc1ccc(NC2(C(N)=O)CCCC(C(C)C)CC2)cc1. The fourth-order valence-electron chi connectivity index (χ4n) is 3.38. The topological polar surface area (TPSA) is 55.1 Å². The molecule has 1 saturated carbocycles. The summed E-state index contributed by atoms with van der Waals surface area (Å²) in [5, 5.41) is 3.45. The summed E-state index contributed by atoms with van der Waals surface area (Å²) in [7, 11) is 0. The molecule has 1 aromatic rings. The van der Waals surface area contributed by atoms with E-state index in [1.807, 2.05) is 12.1 Å². The van der Waals surface area contributed by atoms with Crippen LogP contribution in [0.25, 0.3) is 0 Å². The highest BCUT2D eigenvalue weighted by atomic mass is 16.1. The average molecular weight is 288 g/mol. The van der Waals surface area contributed by atoms with Gasteiger partial charge in [0.05, 0.1) is 0 Å². The van der Waals surface area contributed by atoms with Crippen molar-refractivity contribution < 1.29 is 4.79 Å². The van der Waals surface area contributed by atoms with Crippen LogP contribution in [0.1, 0.15) is 51.5 Å². The molecule has 0 saturated heterocycles. The van der Waals surface area contributed by atoms with Crippen LogP contribution in [-0.2, 0) is 4.79 Å². The number of amides is 1. The first-order valence-corrected chi connectivity index (χ1v) is 8.08. The molecule has 2 rings (SSSR count). The van der Waals surface area contributed by atoms with Crippen molar-refractivity contribution in [2.45, 2.75) is 58.4 Å². The first kappa shape index (κ1) is 15.9. The van der Waals surface area contributed by atoms with Crippen LogP contribution in [0.2, 0.25) is 0 Å². The third kappa shape index (κ3) is 3.78. The summed E-state index contributed by atoms with van der Waals surface area (Å²) in [5.41, 5.74) is 7.39. The number of carbonyl (C=O) groups is 1. The zero-order valence-corrected chi connectivity index (χ0v) is 13.5. The van der Waals surface area contributed by atoms with Gasteiger partial charge in [0.15, 0.2) is 0 Å². The summed E-state index contributed by atoms with van der Waals surface area (Å²) < 4.78 is 0. The van der Waals surface area contributed by atoms with E-state index in [0.717, 1.165) is 31.4 Å². The van der Waals surface area contributed by atoms with Crippen LogP contribution < -0.4 is 11.1 Å². The van der Waals surface area contributed by atoms with Crippen molar-refractivity contribution in [3.8, 4) is 0 Å². The molecular formula is C18H28N2O. The molecule has 21 heavy (non-hydrogen) atoms. The second-order valence-electron chi connectivity index (χ2n) is 6.87. The van der Waals surface area contributed by atoms with E-state index in [2.05, 4.69) is 38.2 Å². The highest BCUT2D eigenvalue weighted by Gasteiger charge is 2.38. The van der Waals surface area contributed by atoms with Gasteiger partial charge in [0.2, 0.25) is 5.91 Å². The number of rotatable bonds is 4. The highest BCUT2D eigenvalue weighted by molar-refractivity contribution is 5.88. The Morgan fingerprint density at radius 2 is 1.90 bits per heavy atom. The van der Waals surface area contributed by atoms with Crippen LogP contribution in [0.4, 0.5) is 5.69 Å². The van der Waals surface area contributed by atoms with Gasteiger partial charge in [-0.05, 0) is 50.2 Å². The molecule has 1 amide bonds. The Morgan fingerprint density at radius 3 is 2.48 bits per heavy atom. The lowest BCUT2D eigenvalue weighted by Gasteiger charge is -2.32. The van der Waals surface area contributed by atoms with Crippen LogP contribution in [0, 0.1) is 18.8 Å². The number of nitrogens with one attached hydrogen (secondary N) is 1. The zero-order chi connectivity index (χ0) is 15.5. The van der Waals surface area contributed by atoms with Gasteiger partial charge in [-0.25, -0.2) is 0 Å². The molecule has 0 aliphatic heterocycles. The molecule has 3 nitrogen and oxygen atoms in total. The van der Waals surface area contributed by atoms with Gasteiger partial charge >= 0.3 is 0 Å². The van der Waals surface area contributed by atoms with E-state index < -0.39 is 5.54 Å². The van der Waals surface area contributed by atoms with Crippen molar-refractivity contribution in [3.05, 3.63) is 29.8 Å². The minimum absolute atomic E-state index is 0.215. The van der Waals surface area contributed by atoms with Gasteiger partial charge in [0.25, 0.3) is 0 Å². The number of aryl methyl sites for hydroxylation is 1. The van der Waals surface area contributed by atoms with Crippen molar-refractivity contribution in [3.63, 3.8) is 0 Å². The molecule has 0 radical (unpaired) electrons. The lowest BCUT2D eigenvalue weighted by Crippen LogP contribution is -2.50. The maximum atomic E-state index is 12.1. The van der Waals surface area contributed by atoms with Crippen molar-refractivity contribution in [1.82, 2.24) is 0 Å². The van der Waals surface area contributed by atoms with Crippen LogP contribution in [0.5, 0.6) is 0 Å². The number of benzene rings is 1. The standard InChI is InChI=1S/C18H28N2O/c1-13(2)15-5-4-11-18(12-10-15,17(19)21)20-16-8-6-14(3)7-9-16/h6-9,13,15,20H,4-5,10-12H2,1-3H3,(H2,19,21). The van der Waals surface area contributed by atoms with Crippen LogP contribution in [0.3, 0.4) is 0 Å². The number of nitrogens with two attached hydrogens (primary N) is 1. The molecule has 3 heteroatoms. The Bertz CT molecular complexity index is 480. The molecule has 0 spiro atoms. The van der Waals surface area contributed by atoms with Gasteiger partial charge in [-0.15, -0.1) is 0 Å². The Hall–Kier alpha value is -1.51. The fourth-order valence-corrected chi connectivity index (χ4v) is 3.38. The molecule has 0 heterocycles. The van der Waals surface area contributed by atoms with Crippen molar-refractivity contribution in [2.24, 2.45) is 17.6 Å². The van der Waals surface area contributed by atoms with Gasteiger partial charge in [0.1, 0.15) is 5.54 Å². The Morgan fingerprint density at radius 1 is 1.24 bits per heavy atom. The normalized spacial score (nSPS) is 26.4. The third-order valence-electron chi connectivity index (χ3n) is 4.97. The largest absolute Gasteiger partial charge is 0.371 e. The highest BCUT2D eigenvalue weighted by Crippen LogP contribution is 2.36. The van der Waals surface area contributed by atoms with E-state index >= 15 is 0 Å². The molecule has 1 aliphatic rings. The molecule has 0 bridgehead atoms. The van der Waals surface area contributed by atoms with Gasteiger partial charge in [-0.1, -0.05) is 44.4 Å². The maximum Gasteiger partial charge on any atom is 0.243 e. The predicted molar refractivity (Wildman–Crippen MR) is 88.1 cm³/mol. The van der Waals surface area contributed by atoms with E-state index in [-0.39, 0.29) is 5.91 Å². The van der Waals surface area contributed by atoms with Crippen LogP contribution in [-0.4, -0.2) is 11.4 Å². The first-order valence-electron chi connectivity index (χ1n) is 8.08. The molecule has 1 aromatic carbocycles. The summed E-state index contributed by atoms with van der Waals surface area (Å²) in [6.07, 6.45) is 4.99. The molecule has 1 fully saturated rings. The molecular weight excluding hydrogens is 260 g/mol. The second-order valence-corrected chi connectivity index (χ2v) is 6.87. The Kier molecular flexibility index (Phi) is 4.92. The van der Waals surface area contributed by atoms with Gasteiger partial charge in [0, 0.05) is 5.69 Å². The van der Waals surface area contributed by atoms with Crippen molar-refractivity contribution >= 4 is 11.6 Å².